The van der Waals surface area contributed by atoms with E-state index >= 15 is 0 Å². The van der Waals surface area contributed by atoms with Gasteiger partial charge in [-0.2, -0.15) is 9.36 Å². The van der Waals surface area contributed by atoms with Gasteiger partial charge in [0.25, 0.3) is 0 Å². The molecular formula is C26H39N5O3S. The molecule has 1 aromatic heterocycles. The minimum Gasteiger partial charge on any atom is -0.469 e. The smallest absolute Gasteiger partial charge is 0.306 e. The molecule has 8 nitrogen and oxygen atoms in total. The van der Waals surface area contributed by atoms with Gasteiger partial charge in [-0.25, -0.2) is 0 Å². The number of rotatable bonds is 12. The van der Waals surface area contributed by atoms with Crippen molar-refractivity contribution in [2.45, 2.75) is 40.0 Å². The lowest BCUT2D eigenvalue weighted by atomic mass is 9.94. The summed E-state index contributed by atoms with van der Waals surface area (Å²) in [6.07, 6.45) is 2.05. The van der Waals surface area contributed by atoms with E-state index in [-0.39, 0.29) is 18.3 Å². The fraction of sp³-hybridized carbons (Fsp3) is 0.577. The monoisotopic (exact) mass is 501 g/mol. The Labute approximate surface area is 213 Å². The van der Waals surface area contributed by atoms with Crippen LogP contribution in [0.4, 0.5) is 22.5 Å². The van der Waals surface area contributed by atoms with Crippen LogP contribution >= 0.6 is 11.5 Å². The standard InChI is InChI=1S/C26H39N5O3S/c1-7-20(15-24(32)33-6)21-8-9-23(31(16-18(2)3)17-19(4)5)22(14-21)27-26-28-25(29-35-26)30-10-12-34-13-11-30/h7-9,14,18-20H,1,10-13,15-17H2,2-6H3,(H,27,28,29). The Bertz CT molecular complexity index is 962. The van der Waals surface area contributed by atoms with Crippen LogP contribution in [-0.4, -0.2) is 61.8 Å². The van der Waals surface area contributed by atoms with E-state index in [2.05, 4.69) is 72.0 Å². The van der Waals surface area contributed by atoms with E-state index in [0.29, 0.717) is 25.0 Å². The van der Waals surface area contributed by atoms with Gasteiger partial charge in [-0.15, -0.1) is 6.58 Å². The molecule has 0 bridgehead atoms. The van der Waals surface area contributed by atoms with Crippen molar-refractivity contribution in [1.82, 2.24) is 9.36 Å². The summed E-state index contributed by atoms with van der Waals surface area (Å²) in [5, 5.41) is 4.28. The molecule has 9 heteroatoms. The quantitative estimate of drug-likeness (QED) is 0.319. The first kappa shape index (κ1) is 26.9. The number of allylic oxidation sites excluding steroid dienone is 1. The summed E-state index contributed by atoms with van der Waals surface area (Å²) in [5.74, 6) is 1.36. The molecule has 1 atom stereocenters. The minimum atomic E-state index is -0.256. The molecule has 1 aliphatic heterocycles. The molecule has 1 saturated heterocycles. The summed E-state index contributed by atoms with van der Waals surface area (Å²) >= 11 is 1.35. The number of nitrogens with one attached hydrogen (secondary N) is 1. The van der Waals surface area contributed by atoms with Crippen LogP contribution in [-0.2, 0) is 14.3 Å². The number of aromatic nitrogens is 2. The summed E-state index contributed by atoms with van der Waals surface area (Å²) in [7, 11) is 1.41. The van der Waals surface area contributed by atoms with Gasteiger partial charge >= 0.3 is 5.97 Å². The van der Waals surface area contributed by atoms with Crippen molar-refractivity contribution < 1.29 is 14.3 Å². The molecule has 1 aromatic carbocycles. The Kier molecular flexibility index (Phi) is 9.92. The molecule has 0 amide bonds. The number of esters is 1. The van der Waals surface area contributed by atoms with Crippen molar-refractivity contribution in [2.75, 3.05) is 61.6 Å². The fourth-order valence-electron chi connectivity index (χ4n) is 4.19. The Hall–Kier alpha value is -2.65. The maximum atomic E-state index is 12.0. The summed E-state index contributed by atoms with van der Waals surface area (Å²) < 4.78 is 14.9. The molecule has 0 saturated carbocycles. The number of carbonyl (C=O) groups excluding carboxylic acids is 1. The molecule has 3 rings (SSSR count). The van der Waals surface area contributed by atoms with Gasteiger partial charge in [0.05, 0.1) is 38.1 Å². The normalized spacial score (nSPS) is 14.8. The van der Waals surface area contributed by atoms with Gasteiger partial charge < -0.3 is 24.6 Å². The van der Waals surface area contributed by atoms with Gasteiger partial charge in [-0.1, -0.05) is 39.8 Å². The zero-order valence-electron chi connectivity index (χ0n) is 21.6. The lowest BCUT2D eigenvalue weighted by Crippen LogP contribution is -2.36. The lowest BCUT2D eigenvalue weighted by molar-refractivity contribution is -0.140. The molecule has 192 valence electrons. The maximum absolute atomic E-state index is 12.0. The van der Waals surface area contributed by atoms with E-state index in [1.807, 2.05) is 0 Å². The molecule has 35 heavy (non-hydrogen) atoms. The van der Waals surface area contributed by atoms with Crippen LogP contribution in [0.1, 0.15) is 45.6 Å². The van der Waals surface area contributed by atoms with E-state index < -0.39 is 0 Å². The van der Waals surface area contributed by atoms with Gasteiger partial charge in [-0.05, 0) is 29.5 Å². The first-order chi connectivity index (χ1) is 16.8. The number of nitrogens with zero attached hydrogens (tertiary/aromatic N) is 4. The molecule has 2 aromatic rings. The van der Waals surface area contributed by atoms with Crippen LogP contribution < -0.4 is 15.1 Å². The number of carbonyl (C=O) groups is 1. The predicted octanol–water partition coefficient (Wildman–Crippen LogP) is 5.07. The average Bonchev–Trinajstić information content (AvgIpc) is 3.30. The Morgan fingerprint density at radius 2 is 1.94 bits per heavy atom. The number of hydrogen-bond donors (Lipinski definition) is 1. The van der Waals surface area contributed by atoms with E-state index in [0.717, 1.165) is 54.2 Å². The maximum Gasteiger partial charge on any atom is 0.306 e. The van der Waals surface area contributed by atoms with Crippen molar-refractivity contribution in [2.24, 2.45) is 11.8 Å². The van der Waals surface area contributed by atoms with Crippen LogP contribution in [0.3, 0.4) is 0 Å². The van der Waals surface area contributed by atoms with Crippen molar-refractivity contribution in [3.63, 3.8) is 0 Å². The summed E-state index contributed by atoms with van der Waals surface area (Å²) in [6.45, 7) is 17.7. The lowest BCUT2D eigenvalue weighted by Gasteiger charge is -2.31. The molecule has 1 fully saturated rings. The summed E-state index contributed by atoms with van der Waals surface area (Å²) in [6, 6.07) is 6.33. The van der Waals surface area contributed by atoms with Crippen molar-refractivity contribution in [1.29, 1.82) is 0 Å². The van der Waals surface area contributed by atoms with Gasteiger partial charge in [0.15, 0.2) is 0 Å². The van der Waals surface area contributed by atoms with Crippen LogP contribution in [0, 0.1) is 11.8 Å². The third kappa shape index (κ3) is 7.67. The zero-order valence-corrected chi connectivity index (χ0v) is 22.4. The highest BCUT2D eigenvalue weighted by Gasteiger charge is 2.21. The third-order valence-electron chi connectivity index (χ3n) is 5.81. The highest BCUT2D eigenvalue weighted by molar-refractivity contribution is 7.10. The van der Waals surface area contributed by atoms with E-state index in [4.69, 9.17) is 14.5 Å². The van der Waals surface area contributed by atoms with Crippen LogP contribution in [0.5, 0.6) is 0 Å². The molecule has 1 unspecified atom stereocenters. The fourth-order valence-corrected chi connectivity index (χ4v) is 4.79. The highest BCUT2D eigenvalue weighted by atomic mass is 32.1. The summed E-state index contributed by atoms with van der Waals surface area (Å²) in [5.41, 5.74) is 3.06. The third-order valence-corrected chi connectivity index (χ3v) is 6.43. The highest BCUT2D eigenvalue weighted by Crippen LogP contribution is 2.35. The molecule has 0 spiro atoms. The Morgan fingerprint density at radius 1 is 1.26 bits per heavy atom. The number of morpholine rings is 1. The van der Waals surface area contributed by atoms with Gasteiger partial charge in [0.1, 0.15) is 0 Å². The molecule has 1 N–H and O–H groups in total. The largest absolute Gasteiger partial charge is 0.469 e. The second-order valence-corrected chi connectivity index (χ2v) is 10.5. The van der Waals surface area contributed by atoms with E-state index in [1.54, 1.807) is 6.08 Å². The number of ether oxygens (including phenoxy) is 2. The number of benzene rings is 1. The molecule has 0 aliphatic carbocycles. The van der Waals surface area contributed by atoms with E-state index in [9.17, 15) is 4.79 Å². The van der Waals surface area contributed by atoms with Crippen molar-refractivity contribution >= 4 is 40.0 Å². The predicted molar refractivity (Wildman–Crippen MR) is 144 cm³/mol. The number of methoxy groups -OCH3 is 1. The zero-order chi connectivity index (χ0) is 25.4. The molecule has 2 heterocycles. The average molecular weight is 502 g/mol. The van der Waals surface area contributed by atoms with E-state index in [1.165, 1.54) is 18.6 Å². The molecular weight excluding hydrogens is 462 g/mol. The van der Waals surface area contributed by atoms with Crippen molar-refractivity contribution in [3.8, 4) is 0 Å². The molecule has 1 aliphatic rings. The SMILES string of the molecule is C=CC(CC(=O)OC)c1ccc(N(CC(C)C)CC(C)C)c(Nc2nc(N3CCOCC3)ns2)c1. The first-order valence-electron chi connectivity index (χ1n) is 12.3. The minimum absolute atomic E-state index is 0.140. The number of anilines is 4. The second-order valence-electron chi connectivity index (χ2n) is 9.72. The topological polar surface area (TPSA) is 79.8 Å². The Morgan fingerprint density at radius 3 is 2.54 bits per heavy atom. The van der Waals surface area contributed by atoms with Crippen LogP contribution in [0.15, 0.2) is 30.9 Å². The van der Waals surface area contributed by atoms with Gasteiger partial charge in [0, 0.05) is 43.6 Å². The first-order valence-corrected chi connectivity index (χ1v) is 13.1. The molecule has 0 radical (unpaired) electrons. The van der Waals surface area contributed by atoms with Gasteiger partial charge in [-0.3, -0.25) is 4.79 Å². The summed E-state index contributed by atoms with van der Waals surface area (Å²) in [4.78, 5) is 21.3. The van der Waals surface area contributed by atoms with Crippen LogP contribution in [0.2, 0.25) is 0 Å². The van der Waals surface area contributed by atoms with Crippen LogP contribution in [0.25, 0.3) is 0 Å². The Balaban J connectivity index is 1.96. The van der Waals surface area contributed by atoms with Gasteiger partial charge in [0.2, 0.25) is 11.1 Å². The number of hydrogen-bond acceptors (Lipinski definition) is 9. The second kappa shape index (κ2) is 12.9. The van der Waals surface area contributed by atoms with Crippen molar-refractivity contribution in [3.05, 3.63) is 36.4 Å².